The SMILES string of the molecule is CC(CCl)CCCNC(=O)c1cccc(OC(F)F)c1. The van der Waals surface area contributed by atoms with Crippen LogP contribution in [0.15, 0.2) is 24.3 Å². The monoisotopic (exact) mass is 305 g/mol. The van der Waals surface area contributed by atoms with Crippen molar-refractivity contribution in [3.05, 3.63) is 29.8 Å². The van der Waals surface area contributed by atoms with Crippen LogP contribution in [-0.2, 0) is 0 Å². The Hall–Kier alpha value is -1.36. The fraction of sp³-hybridized carbons (Fsp3) is 0.500. The zero-order valence-corrected chi connectivity index (χ0v) is 12.0. The zero-order chi connectivity index (χ0) is 15.0. The summed E-state index contributed by atoms with van der Waals surface area (Å²) in [4.78, 5) is 11.8. The molecule has 1 amide bonds. The van der Waals surface area contributed by atoms with E-state index in [0.29, 0.717) is 23.9 Å². The average molecular weight is 306 g/mol. The molecule has 3 nitrogen and oxygen atoms in total. The number of ether oxygens (including phenoxy) is 1. The second-order valence-corrected chi connectivity index (χ2v) is 4.87. The first-order valence-electron chi connectivity index (χ1n) is 6.42. The molecule has 0 radical (unpaired) electrons. The van der Waals surface area contributed by atoms with Crippen molar-refractivity contribution in [1.82, 2.24) is 5.32 Å². The smallest absolute Gasteiger partial charge is 0.387 e. The van der Waals surface area contributed by atoms with E-state index in [9.17, 15) is 13.6 Å². The van der Waals surface area contributed by atoms with Crippen LogP contribution in [0.5, 0.6) is 5.75 Å². The molecule has 0 saturated carbocycles. The van der Waals surface area contributed by atoms with E-state index < -0.39 is 6.61 Å². The Morgan fingerprint density at radius 1 is 1.45 bits per heavy atom. The summed E-state index contributed by atoms with van der Waals surface area (Å²) in [6.45, 7) is -0.328. The Morgan fingerprint density at radius 2 is 2.20 bits per heavy atom. The maximum Gasteiger partial charge on any atom is 0.387 e. The number of benzene rings is 1. The third-order valence-corrected chi connectivity index (χ3v) is 3.27. The lowest BCUT2D eigenvalue weighted by atomic mass is 10.1. The van der Waals surface area contributed by atoms with Crippen molar-refractivity contribution in [3.8, 4) is 5.75 Å². The quantitative estimate of drug-likeness (QED) is 0.588. The molecule has 0 fully saturated rings. The van der Waals surface area contributed by atoms with Gasteiger partial charge in [0, 0.05) is 18.0 Å². The van der Waals surface area contributed by atoms with Crippen LogP contribution < -0.4 is 10.1 Å². The first kappa shape index (κ1) is 16.7. The predicted molar refractivity (Wildman–Crippen MR) is 74.5 cm³/mol. The molecule has 0 aliphatic heterocycles. The molecule has 1 unspecified atom stereocenters. The second-order valence-electron chi connectivity index (χ2n) is 4.56. The first-order valence-corrected chi connectivity index (χ1v) is 6.95. The molecular weight excluding hydrogens is 288 g/mol. The molecular formula is C14H18ClF2NO2. The molecule has 0 bridgehead atoms. The van der Waals surface area contributed by atoms with E-state index in [0.717, 1.165) is 12.8 Å². The van der Waals surface area contributed by atoms with Gasteiger partial charge >= 0.3 is 6.61 Å². The molecule has 0 spiro atoms. The lowest BCUT2D eigenvalue weighted by molar-refractivity contribution is -0.0498. The Kier molecular flexibility index (Phi) is 7.30. The van der Waals surface area contributed by atoms with Gasteiger partial charge in [0.15, 0.2) is 0 Å². The molecule has 6 heteroatoms. The predicted octanol–water partition coefficient (Wildman–Crippen LogP) is 3.67. The first-order chi connectivity index (χ1) is 9.52. The third kappa shape index (κ3) is 6.19. The van der Waals surface area contributed by atoms with Crippen molar-refractivity contribution in [2.24, 2.45) is 5.92 Å². The summed E-state index contributed by atoms with van der Waals surface area (Å²) in [6.07, 6.45) is 1.76. The average Bonchev–Trinajstić information content (AvgIpc) is 2.42. The van der Waals surface area contributed by atoms with Crippen LogP contribution in [0.2, 0.25) is 0 Å². The van der Waals surface area contributed by atoms with Crippen molar-refractivity contribution in [2.75, 3.05) is 12.4 Å². The van der Waals surface area contributed by atoms with E-state index in [1.807, 2.05) is 6.92 Å². The summed E-state index contributed by atoms with van der Waals surface area (Å²) in [6, 6.07) is 5.73. The van der Waals surface area contributed by atoms with Gasteiger partial charge in [-0.15, -0.1) is 11.6 Å². The largest absolute Gasteiger partial charge is 0.435 e. The van der Waals surface area contributed by atoms with Gasteiger partial charge in [0.1, 0.15) is 5.75 Å². The van der Waals surface area contributed by atoms with E-state index in [1.165, 1.54) is 18.2 Å². The lowest BCUT2D eigenvalue weighted by Gasteiger charge is -2.09. The van der Waals surface area contributed by atoms with Crippen LogP contribution in [0.3, 0.4) is 0 Å². The summed E-state index contributed by atoms with van der Waals surface area (Å²) >= 11 is 5.69. The lowest BCUT2D eigenvalue weighted by Crippen LogP contribution is -2.24. The molecule has 0 aliphatic rings. The number of hydrogen-bond acceptors (Lipinski definition) is 2. The number of carbonyl (C=O) groups excluding carboxylic acids is 1. The zero-order valence-electron chi connectivity index (χ0n) is 11.2. The van der Waals surface area contributed by atoms with E-state index >= 15 is 0 Å². The molecule has 0 saturated heterocycles. The minimum atomic E-state index is -2.90. The van der Waals surface area contributed by atoms with E-state index in [-0.39, 0.29) is 11.7 Å². The molecule has 1 atom stereocenters. The normalized spacial score (nSPS) is 12.2. The topological polar surface area (TPSA) is 38.3 Å². The Bertz CT molecular complexity index is 429. The summed E-state index contributed by atoms with van der Waals surface area (Å²) in [7, 11) is 0. The van der Waals surface area contributed by atoms with Gasteiger partial charge in [-0.2, -0.15) is 8.78 Å². The molecule has 0 aromatic heterocycles. The maximum absolute atomic E-state index is 12.1. The Morgan fingerprint density at radius 3 is 2.85 bits per heavy atom. The van der Waals surface area contributed by atoms with Gasteiger partial charge in [0.05, 0.1) is 0 Å². The van der Waals surface area contributed by atoms with Crippen molar-refractivity contribution in [3.63, 3.8) is 0 Å². The van der Waals surface area contributed by atoms with Crippen LogP contribution in [-0.4, -0.2) is 24.9 Å². The van der Waals surface area contributed by atoms with Crippen molar-refractivity contribution in [1.29, 1.82) is 0 Å². The van der Waals surface area contributed by atoms with Gasteiger partial charge < -0.3 is 10.1 Å². The number of carbonyl (C=O) groups is 1. The maximum atomic E-state index is 12.1. The summed E-state index contributed by atoms with van der Waals surface area (Å²) in [5.74, 6) is 0.684. The number of rotatable bonds is 8. The molecule has 0 aliphatic carbocycles. The number of hydrogen-bond donors (Lipinski definition) is 1. The van der Waals surface area contributed by atoms with Gasteiger partial charge in [-0.3, -0.25) is 4.79 Å². The van der Waals surface area contributed by atoms with Crippen LogP contribution in [0.25, 0.3) is 0 Å². The van der Waals surface area contributed by atoms with E-state index in [4.69, 9.17) is 11.6 Å². The molecule has 112 valence electrons. The van der Waals surface area contributed by atoms with Gasteiger partial charge in [-0.05, 0) is 37.0 Å². The highest BCUT2D eigenvalue weighted by molar-refractivity contribution is 6.18. The number of halogens is 3. The number of alkyl halides is 3. The van der Waals surface area contributed by atoms with Crippen LogP contribution >= 0.6 is 11.6 Å². The van der Waals surface area contributed by atoms with E-state index in [1.54, 1.807) is 6.07 Å². The van der Waals surface area contributed by atoms with Gasteiger partial charge in [0.2, 0.25) is 0 Å². The standard InChI is InChI=1S/C14H18ClF2NO2/c1-10(9-15)4-3-7-18-13(19)11-5-2-6-12(8-11)20-14(16)17/h2,5-6,8,10,14H,3-4,7,9H2,1H3,(H,18,19). The Balaban J connectivity index is 2.43. The van der Waals surface area contributed by atoms with Crippen molar-refractivity contribution in [2.45, 2.75) is 26.4 Å². The fourth-order valence-corrected chi connectivity index (χ4v) is 1.80. The molecule has 1 aromatic carbocycles. The summed E-state index contributed by atoms with van der Waals surface area (Å²) < 4.78 is 28.4. The fourth-order valence-electron chi connectivity index (χ4n) is 1.65. The minimum absolute atomic E-state index is 0.0246. The van der Waals surface area contributed by atoms with Gasteiger partial charge in [-0.25, -0.2) is 0 Å². The minimum Gasteiger partial charge on any atom is -0.435 e. The number of nitrogens with one attached hydrogen (secondary N) is 1. The molecule has 20 heavy (non-hydrogen) atoms. The summed E-state index contributed by atoms with van der Waals surface area (Å²) in [5, 5.41) is 2.73. The third-order valence-electron chi connectivity index (χ3n) is 2.74. The van der Waals surface area contributed by atoms with Gasteiger partial charge in [0.25, 0.3) is 5.91 Å². The van der Waals surface area contributed by atoms with E-state index in [2.05, 4.69) is 10.1 Å². The second kappa shape index (κ2) is 8.74. The van der Waals surface area contributed by atoms with Crippen LogP contribution in [0.1, 0.15) is 30.1 Å². The molecule has 0 heterocycles. The van der Waals surface area contributed by atoms with Gasteiger partial charge in [-0.1, -0.05) is 13.0 Å². The molecule has 1 N–H and O–H groups in total. The van der Waals surface area contributed by atoms with Crippen LogP contribution in [0.4, 0.5) is 8.78 Å². The van der Waals surface area contributed by atoms with Crippen LogP contribution in [0, 0.1) is 5.92 Å². The molecule has 1 rings (SSSR count). The highest BCUT2D eigenvalue weighted by atomic mass is 35.5. The molecule has 1 aromatic rings. The highest BCUT2D eigenvalue weighted by Crippen LogP contribution is 2.16. The number of amides is 1. The van der Waals surface area contributed by atoms with Crippen molar-refractivity contribution < 1.29 is 18.3 Å². The summed E-state index contributed by atoms with van der Waals surface area (Å²) in [5.41, 5.74) is 0.300. The Labute approximate surface area is 122 Å². The highest BCUT2D eigenvalue weighted by Gasteiger charge is 2.09. The van der Waals surface area contributed by atoms with Crippen molar-refractivity contribution >= 4 is 17.5 Å².